The highest BCUT2D eigenvalue weighted by Gasteiger charge is 2.33. The molecule has 0 radical (unpaired) electrons. The van der Waals surface area contributed by atoms with E-state index < -0.39 is 7.92 Å². The second-order valence-corrected chi connectivity index (χ2v) is 10.00. The largest absolute Gasteiger partial charge is 0.207 e. The van der Waals surface area contributed by atoms with Crippen molar-refractivity contribution >= 4 is 7.92 Å². The number of hydrogen-bond acceptors (Lipinski definition) is 0. The standard InChI is InChI=1S/C16H22FP/c1-15(2,3)18(16(4,5)6)12-11-13-7-9-14(17)10-8-13/h7-10H,1-6H3. The van der Waals surface area contributed by atoms with Crippen LogP contribution in [-0.4, -0.2) is 10.3 Å². The lowest BCUT2D eigenvalue weighted by Gasteiger charge is -2.37. The molecule has 0 saturated heterocycles. The van der Waals surface area contributed by atoms with Crippen LogP contribution < -0.4 is 0 Å². The Morgan fingerprint density at radius 3 is 1.72 bits per heavy atom. The molecule has 18 heavy (non-hydrogen) atoms. The average molecular weight is 264 g/mol. The molecule has 1 aromatic rings. The first-order valence-electron chi connectivity index (χ1n) is 6.18. The first kappa shape index (κ1) is 15.2. The molecule has 1 rings (SSSR count). The predicted octanol–water partition coefficient (Wildman–Crippen LogP) is 5.21. The quantitative estimate of drug-likeness (QED) is 0.445. The van der Waals surface area contributed by atoms with E-state index in [0.29, 0.717) is 0 Å². The molecule has 0 aliphatic heterocycles. The second-order valence-electron chi connectivity index (χ2n) is 6.42. The molecule has 0 saturated carbocycles. The minimum atomic E-state index is -0.429. The van der Waals surface area contributed by atoms with E-state index in [-0.39, 0.29) is 16.1 Å². The lowest BCUT2D eigenvalue weighted by Crippen LogP contribution is -2.23. The van der Waals surface area contributed by atoms with Gasteiger partial charge in [0.2, 0.25) is 0 Å². The molecule has 0 fully saturated rings. The molecule has 0 unspecified atom stereocenters. The van der Waals surface area contributed by atoms with Gasteiger partial charge in [-0.1, -0.05) is 53.1 Å². The molecular formula is C16H22FP. The minimum absolute atomic E-state index is 0.195. The van der Waals surface area contributed by atoms with Gasteiger partial charge in [0.1, 0.15) is 5.82 Å². The van der Waals surface area contributed by atoms with E-state index in [9.17, 15) is 4.39 Å². The van der Waals surface area contributed by atoms with Gasteiger partial charge >= 0.3 is 0 Å². The summed E-state index contributed by atoms with van der Waals surface area (Å²) in [5.41, 5.74) is 4.31. The van der Waals surface area contributed by atoms with Crippen LogP contribution in [0, 0.1) is 17.4 Å². The zero-order valence-electron chi connectivity index (χ0n) is 12.1. The van der Waals surface area contributed by atoms with Gasteiger partial charge < -0.3 is 0 Å². The van der Waals surface area contributed by atoms with Crippen molar-refractivity contribution in [2.24, 2.45) is 0 Å². The highest BCUT2D eigenvalue weighted by molar-refractivity contribution is 7.65. The summed E-state index contributed by atoms with van der Waals surface area (Å²) in [6, 6.07) is 6.39. The predicted molar refractivity (Wildman–Crippen MR) is 79.7 cm³/mol. The van der Waals surface area contributed by atoms with Crippen molar-refractivity contribution in [1.82, 2.24) is 0 Å². The molecule has 0 N–H and O–H groups in total. The van der Waals surface area contributed by atoms with Gasteiger partial charge in [-0.15, -0.1) is 0 Å². The van der Waals surface area contributed by atoms with Crippen LogP contribution >= 0.6 is 7.92 Å². The van der Waals surface area contributed by atoms with Gasteiger partial charge in [0.15, 0.2) is 0 Å². The maximum Gasteiger partial charge on any atom is 0.123 e. The van der Waals surface area contributed by atoms with Crippen molar-refractivity contribution < 1.29 is 4.39 Å². The smallest absolute Gasteiger partial charge is 0.123 e. The van der Waals surface area contributed by atoms with Gasteiger partial charge in [0.05, 0.1) is 0 Å². The van der Waals surface area contributed by atoms with Crippen LogP contribution in [0.25, 0.3) is 0 Å². The molecule has 0 atom stereocenters. The second kappa shape index (κ2) is 5.41. The molecule has 2 heteroatoms. The van der Waals surface area contributed by atoms with Crippen molar-refractivity contribution in [3.05, 3.63) is 35.6 Å². The normalized spacial score (nSPS) is 12.2. The van der Waals surface area contributed by atoms with Crippen LogP contribution in [0.2, 0.25) is 0 Å². The average Bonchev–Trinajstić information content (AvgIpc) is 2.17. The van der Waals surface area contributed by atoms with Gasteiger partial charge in [0.25, 0.3) is 0 Å². The van der Waals surface area contributed by atoms with Gasteiger partial charge in [-0.2, -0.15) is 0 Å². The van der Waals surface area contributed by atoms with Crippen molar-refractivity contribution in [1.29, 1.82) is 0 Å². The summed E-state index contributed by atoms with van der Waals surface area (Å²) in [5, 5.41) is 0.390. The highest BCUT2D eigenvalue weighted by atomic mass is 31.1. The monoisotopic (exact) mass is 264 g/mol. The molecule has 0 bridgehead atoms. The molecule has 98 valence electrons. The van der Waals surface area contributed by atoms with Crippen molar-refractivity contribution in [3.8, 4) is 11.6 Å². The summed E-state index contributed by atoms with van der Waals surface area (Å²) >= 11 is 0. The summed E-state index contributed by atoms with van der Waals surface area (Å²) in [4.78, 5) is 0. The summed E-state index contributed by atoms with van der Waals surface area (Å²) in [6.07, 6.45) is 0. The molecular weight excluding hydrogens is 242 g/mol. The Morgan fingerprint density at radius 1 is 0.889 bits per heavy atom. The van der Waals surface area contributed by atoms with Crippen LogP contribution in [0.3, 0.4) is 0 Å². The third-order valence-corrected chi connectivity index (χ3v) is 5.52. The Morgan fingerprint density at radius 2 is 1.33 bits per heavy atom. The van der Waals surface area contributed by atoms with E-state index in [1.54, 1.807) is 12.1 Å². The molecule has 0 nitrogen and oxygen atoms in total. The van der Waals surface area contributed by atoms with Gasteiger partial charge in [-0.3, -0.25) is 0 Å². The topological polar surface area (TPSA) is 0 Å². The SMILES string of the molecule is CC(C)(C)P(C#Cc1ccc(F)cc1)C(C)(C)C. The van der Waals surface area contributed by atoms with Gasteiger partial charge in [-0.25, -0.2) is 4.39 Å². The Kier molecular flexibility index (Phi) is 4.57. The summed E-state index contributed by atoms with van der Waals surface area (Å²) in [6.45, 7) is 13.4. The van der Waals surface area contributed by atoms with Gasteiger partial charge in [0, 0.05) is 5.56 Å². The van der Waals surface area contributed by atoms with Crippen LogP contribution in [0.1, 0.15) is 47.1 Å². The fraction of sp³-hybridized carbons (Fsp3) is 0.500. The van der Waals surface area contributed by atoms with E-state index in [1.165, 1.54) is 12.1 Å². The van der Waals surface area contributed by atoms with E-state index in [4.69, 9.17) is 0 Å². The Labute approximate surface area is 112 Å². The minimum Gasteiger partial charge on any atom is -0.207 e. The first-order chi connectivity index (χ1) is 8.10. The summed E-state index contributed by atoms with van der Waals surface area (Å²) < 4.78 is 12.8. The van der Waals surface area contributed by atoms with Gasteiger partial charge in [-0.05, 0) is 42.5 Å². The van der Waals surface area contributed by atoms with Crippen molar-refractivity contribution in [2.75, 3.05) is 0 Å². The molecule has 0 amide bonds. The molecule has 1 aromatic carbocycles. The van der Waals surface area contributed by atoms with E-state index >= 15 is 0 Å². The Balaban J connectivity index is 3.03. The third kappa shape index (κ3) is 4.43. The molecule has 0 spiro atoms. The zero-order chi connectivity index (χ0) is 14.0. The van der Waals surface area contributed by atoms with Crippen molar-refractivity contribution in [2.45, 2.75) is 51.9 Å². The fourth-order valence-electron chi connectivity index (χ4n) is 2.00. The summed E-state index contributed by atoms with van der Waals surface area (Å²) in [5.74, 6) is 2.98. The molecule has 0 aromatic heterocycles. The van der Waals surface area contributed by atoms with E-state index in [1.807, 2.05) is 0 Å². The maximum absolute atomic E-state index is 12.8. The maximum atomic E-state index is 12.8. The van der Waals surface area contributed by atoms with Crippen molar-refractivity contribution in [3.63, 3.8) is 0 Å². The lowest BCUT2D eigenvalue weighted by atomic mass is 10.2. The molecule has 0 aliphatic carbocycles. The number of halogens is 1. The fourth-order valence-corrected chi connectivity index (χ4v) is 4.92. The molecule has 0 heterocycles. The van der Waals surface area contributed by atoms with Crippen LogP contribution in [0.15, 0.2) is 24.3 Å². The lowest BCUT2D eigenvalue weighted by molar-refractivity contribution is 0.627. The zero-order valence-corrected chi connectivity index (χ0v) is 13.0. The third-order valence-electron chi connectivity index (χ3n) is 2.50. The Hall–Kier alpha value is -0.860. The highest BCUT2D eigenvalue weighted by Crippen LogP contribution is 2.58. The van der Waals surface area contributed by atoms with Crippen LogP contribution in [0.4, 0.5) is 4.39 Å². The first-order valence-corrected chi connectivity index (χ1v) is 7.52. The Bertz CT molecular complexity index is 435. The number of benzene rings is 1. The van der Waals surface area contributed by atoms with Crippen LogP contribution in [0.5, 0.6) is 0 Å². The van der Waals surface area contributed by atoms with Crippen LogP contribution in [-0.2, 0) is 0 Å². The number of rotatable bonds is 0. The molecule has 0 aliphatic rings. The number of hydrogen-bond donors (Lipinski definition) is 0. The van der Waals surface area contributed by atoms with E-state index in [2.05, 4.69) is 53.1 Å². The van der Waals surface area contributed by atoms with E-state index in [0.717, 1.165) is 5.56 Å². The summed E-state index contributed by atoms with van der Waals surface area (Å²) in [7, 11) is -0.429.